The molecule has 0 bridgehead atoms. The van der Waals surface area contributed by atoms with Crippen molar-refractivity contribution in [1.29, 1.82) is 0 Å². The van der Waals surface area contributed by atoms with E-state index in [4.69, 9.17) is 14.2 Å². The number of nitrogens with zero attached hydrogens (tertiary/aromatic N) is 1. The molecule has 166 valence electrons. The molecule has 2 rings (SSSR count). The Bertz CT molecular complexity index is 929. The summed E-state index contributed by atoms with van der Waals surface area (Å²) < 4.78 is 17.0. The molecule has 8 nitrogen and oxygen atoms in total. The van der Waals surface area contributed by atoms with Gasteiger partial charge in [-0.1, -0.05) is 12.1 Å². The predicted octanol–water partition coefficient (Wildman–Crippen LogP) is 4.00. The number of hydrogen-bond acceptors (Lipinski definition) is 6. The van der Waals surface area contributed by atoms with Crippen LogP contribution >= 0.6 is 0 Å². The second-order valence-corrected chi connectivity index (χ2v) is 6.50. The third-order valence-corrected chi connectivity index (χ3v) is 4.10. The molecule has 0 heterocycles. The number of carbonyl (C=O) groups is 2. The summed E-state index contributed by atoms with van der Waals surface area (Å²) >= 11 is 0. The van der Waals surface area contributed by atoms with Crippen LogP contribution in [0.2, 0.25) is 0 Å². The topological polar surface area (TPSA) is 98.2 Å². The molecule has 2 aromatic carbocycles. The number of hydrogen-bond donors (Lipinski definition) is 2. The van der Waals surface area contributed by atoms with E-state index in [1.807, 2.05) is 26.8 Å². The molecule has 0 saturated carbocycles. The second kappa shape index (κ2) is 11.6. The molecule has 0 atom stereocenters. The Labute approximate surface area is 182 Å². The summed E-state index contributed by atoms with van der Waals surface area (Å²) in [5.74, 6) is 0.763. The van der Waals surface area contributed by atoms with Crippen molar-refractivity contribution in [3.8, 4) is 17.2 Å². The molecule has 0 aromatic heterocycles. The van der Waals surface area contributed by atoms with Crippen molar-refractivity contribution in [3.05, 3.63) is 47.5 Å². The average Bonchev–Trinajstić information content (AvgIpc) is 2.74. The molecule has 31 heavy (non-hydrogen) atoms. The maximum atomic E-state index is 12.7. The van der Waals surface area contributed by atoms with Crippen LogP contribution in [0, 0.1) is 0 Å². The van der Waals surface area contributed by atoms with Crippen molar-refractivity contribution in [2.45, 2.75) is 34.6 Å². The lowest BCUT2D eigenvalue weighted by molar-refractivity contribution is -0.114. The Hall–Kier alpha value is -3.55. The first-order chi connectivity index (χ1) is 14.9. The number of nitrogens with one attached hydrogen (secondary N) is 2. The molecular weight excluding hydrogens is 398 g/mol. The maximum absolute atomic E-state index is 12.7. The molecule has 8 heteroatoms. The summed E-state index contributed by atoms with van der Waals surface area (Å²) in [4.78, 5) is 24.0. The Morgan fingerprint density at radius 3 is 2.03 bits per heavy atom. The normalized spacial score (nSPS) is 10.9. The number of carbonyl (C=O) groups excluding carboxylic acids is 2. The third kappa shape index (κ3) is 6.74. The fourth-order valence-electron chi connectivity index (χ4n) is 2.81. The van der Waals surface area contributed by atoms with E-state index in [-0.39, 0.29) is 5.91 Å². The molecule has 0 radical (unpaired) electrons. The Balaban J connectivity index is 2.27. The molecular formula is C23H29N3O5. The SMILES string of the molecule is CCOc1cc(C(=O)N/N=C(\C)c2cccc(NC(C)=O)c2)cc(OCC)c1OCC. The zero-order valence-corrected chi connectivity index (χ0v) is 18.6. The summed E-state index contributed by atoms with van der Waals surface area (Å²) in [6, 6.07) is 10.4. The molecule has 2 N–H and O–H groups in total. The minimum absolute atomic E-state index is 0.161. The monoisotopic (exact) mass is 427 g/mol. The van der Waals surface area contributed by atoms with Crippen LogP contribution in [0.3, 0.4) is 0 Å². The van der Waals surface area contributed by atoms with Crippen LogP contribution in [0.15, 0.2) is 41.5 Å². The molecule has 0 aliphatic rings. The van der Waals surface area contributed by atoms with Gasteiger partial charge in [0.25, 0.3) is 5.91 Å². The largest absolute Gasteiger partial charge is 0.490 e. The molecule has 0 saturated heterocycles. The van der Waals surface area contributed by atoms with Crippen LogP contribution in [0.5, 0.6) is 17.2 Å². The van der Waals surface area contributed by atoms with Gasteiger partial charge in [-0.2, -0.15) is 5.10 Å². The lowest BCUT2D eigenvalue weighted by Crippen LogP contribution is -2.20. The number of anilines is 1. The van der Waals surface area contributed by atoms with Gasteiger partial charge in [0, 0.05) is 18.2 Å². The van der Waals surface area contributed by atoms with Crippen LogP contribution in [-0.2, 0) is 4.79 Å². The van der Waals surface area contributed by atoms with Gasteiger partial charge in [0.15, 0.2) is 11.5 Å². The van der Waals surface area contributed by atoms with E-state index in [1.165, 1.54) is 6.92 Å². The Morgan fingerprint density at radius 1 is 0.871 bits per heavy atom. The molecule has 2 amide bonds. The van der Waals surface area contributed by atoms with Gasteiger partial charge < -0.3 is 19.5 Å². The van der Waals surface area contributed by atoms with Crippen molar-refractivity contribution in [2.24, 2.45) is 5.10 Å². The van der Waals surface area contributed by atoms with Gasteiger partial charge in [-0.3, -0.25) is 9.59 Å². The van der Waals surface area contributed by atoms with Gasteiger partial charge in [0.2, 0.25) is 11.7 Å². The summed E-state index contributed by atoms with van der Waals surface area (Å²) in [5, 5.41) is 6.91. The Morgan fingerprint density at radius 2 is 1.48 bits per heavy atom. The standard InChI is InChI=1S/C23H29N3O5/c1-6-29-20-13-18(14-21(30-7-2)22(20)31-8-3)23(28)26-25-15(4)17-10-9-11-19(12-17)24-16(5)27/h9-14H,6-8H2,1-5H3,(H,24,27)(H,26,28)/b25-15+. The van der Waals surface area contributed by atoms with E-state index in [1.54, 1.807) is 37.3 Å². The van der Waals surface area contributed by atoms with Crippen LogP contribution in [0.25, 0.3) is 0 Å². The van der Waals surface area contributed by atoms with Crippen LogP contribution in [0.4, 0.5) is 5.69 Å². The molecule has 0 spiro atoms. The lowest BCUT2D eigenvalue weighted by atomic mass is 10.1. The highest BCUT2D eigenvalue weighted by molar-refractivity contribution is 6.02. The molecule has 0 fully saturated rings. The number of rotatable bonds is 10. The van der Waals surface area contributed by atoms with Crippen LogP contribution in [-0.4, -0.2) is 37.3 Å². The van der Waals surface area contributed by atoms with E-state index in [0.29, 0.717) is 54.0 Å². The van der Waals surface area contributed by atoms with Crippen molar-refractivity contribution in [3.63, 3.8) is 0 Å². The summed E-state index contributed by atoms with van der Waals surface area (Å²) in [5.41, 5.74) is 4.89. The highest BCUT2D eigenvalue weighted by Gasteiger charge is 2.18. The minimum atomic E-state index is -0.415. The number of benzene rings is 2. The van der Waals surface area contributed by atoms with Gasteiger partial charge in [0.05, 0.1) is 25.5 Å². The van der Waals surface area contributed by atoms with Gasteiger partial charge in [0.1, 0.15) is 0 Å². The van der Waals surface area contributed by atoms with Gasteiger partial charge in [-0.05, 0) is 57.5 Å². The quantitative estimate of drug-likeness (QED) is 0.441. The van der Waals surface area contributed by atoms with Crippen molar-refractivity contribution in [1.82, 2.24) is 5.43 Å². The zero-order chi connectivity index (χ0) is 22.8. The smallest absolute Gasteiger partial charge is 0.271 e. The summed E-state index contributed by atoms with van der Waals surface area (Å²) in [7, 11) is 0. The fourth-order valence-corrected chi connectivity index (χ4v) is 2.81. The first-order valence-electron chi connectivity index (χ1n) is 10.2. The maximum Gasteiger partial charge on any atom is 0.271 e. The first kappa shape index (κ1) is 23.7. The van der Waals surface area contributed by atoms with E-state index >= 15 is 0 Å². The molecule has 0 unspecified atom stereocenters. The molecule has 0 aliphatic heterocycles. The zero-order valence-electron chi connectivity index (χ0n) is 18.6. The van der Waals surface area contributed by atoms with E-state index in [0.717, 1.165) is 5.56 Å². The number of hydrazone groups is 1. The van der Waals surface area contributed by atoms with Crippen molar-refractivity contribution in [2.75, 3.05) is 25.1 Å². The summed E-state index contributed by atoms with van der Waals surface area (Å²) in [6.45, 7) is 10.0. The van der Waals surface area contributed by atoms with E-state index in [9.17, 15) is 9.59 Å². The average molecular weight is 428 g/mol. The second-order valence-electron chi connectivity index (χ2n) is 6.50. The van der Waals surface area contributed by atoms with Gasteiger partial charge >= 0.3 is 0 Å². The molecule has 2 aromatic rings. The minimum Gasteiger partial charge on any atom is -0.490 e. The van der Waals surface area contributed by atoms with Crippen molar-refractivity contribution >= 4 is 23.2 Å². The third-order valence-electron chi connectivity index (χ3n) is 4.10. The fraction of sp³-hybridized carbons (Fsp3) is 0.348. The highest BCUT2D eigenvalue weighted by atomic mass is 16.5. The summed E-state index contributed by atoms with van der Waals surface area (Å²) in [6.07, 6.45) is 0. The number of ether oxygens (including phenoxy) is 3. The molecule has 0 aliphatic carbocycles. The van der Waals surface area contributed by atoms with Crippen LogP contribution < -0.4 is 25.0 Å². The predicted molar refractivity (Wildman–Crippen MR) is 120 cm³/mol. The number of amides is 2. The lowest BCUT2D eigenvalue weighted by Gasteiger charge is -2.16. The van der Waals surface area contributed by atoms with Crippen LogP contribution in [0.1, 0.15) is 50.5 Å². The Kier molecular flexibility index (Phi) is 8.87. The van der Waals surface area contributed by atoms with Gasteiger partial charge in [-0.15, -0.1) is 0 Å². The van der Waals surface area contributed by atoms with E-state index in [2.05, 4.69) is 15.8 Å². The van der Waals surface area contributed by atoms with E-state index < -0.39 is 5.91 Å². The first-order valence-corrected chi connectivity index (χ1v) is 10.2. The highest BCUT2D eigenvalue weighted by Crippen LogP contribution is 2.39. The van der Waals surface area contributed by atoms with Crippen molar-refractivity contribution < 1.29 is 23.8 Å². The van der Waals surface area contributed by atoms with Gasteiger partial charge in [-0.25, -0.2) is 5.43 Å².